The maximum atomic E-state index is 12.8. The van der Waals surface area contributed by atoms with Crippen molar-refractivity contribution >= 4 is 90.6 Å². The summed E-state index contributed by atoms with van der Waals surface area (Å²) in [6.45, 7) is 12.2. The summed E-state index contributed by atoms with van der Waals surface area (Å²) in [6.07, 6.45) is 18.2. The number of anilines is 1. The normalized spacial score (nSPS) is 15.4. The van der Waals surface area contributed by atoms with E-state index in [9.17, 15) is 72.1 Å². The van der Waals surface area contributed by atoms with Gasteiger partial charge in [0.2, 0.25) is 8.32 Å². The molecule has 1 amide bonds. The second-order valence-corrected chi connectivity index (χ2v) is 28.5. The number of ether oxygens (including phenoxy) is 4. The number of ketones is 2. The van der Waals surface area contributed by atoms with Crippen molar-refractivity contribution < 1.29 is 106 Å². The number of nitrogen functional groups attached to an aromatic ring is 1. The van der Waals surface area contributed by atoms with Crippen molar-refractivity contribution in [1.82, 2.24) is 5.43 Å². The number of nitrogens with two attached hydrogens (primary N) is 3. The molecule has 4 saturated carbocycles. The van der Waals surface area contributed by atoms with E-state index >= 15 is 0 Å². The largest absolute Gasteiger partial charge is 0.762 e. The number of Topliss-reactive ketones (excluding diaryl/α,β-unsaturated/α-hetero) is 2. The van der Waals surface area contributed by atoms with Crippen LogP contribution < -0.4 is 22.8 Å². The minimum atomic E-state index is -3.67. The van der Waals surface area contributed by atoms with Crippen molar-refractivity contribution in [2.45, 2.75) is 162 Å². The molecule has 0 bridgehead atoms. The standard InChI is InChI=1S/2C15H17NO5.C14H17N3O.C11H22O2Si.C7H4ClNO3.C4H10O.CH3.BF3.H4N2.H2O.Pd/c2*1-21-14(18)15(8-3-2-4-9-15)13(17)11-6-5-7-12(10-11)16(19)20;15-11-6-4-5-10(9-11)12-14(13(18)17-16-12)7-2-1-3-8-14;1-12-11(13-14(2,3)4)10-8-6-5-7-9-10;8-7(10)5-2-1-3-6(4-5)9(11)12;1-3-5-4-2;;2-1(3)4;1-2;;/h2*5-7,10H,2-4,8-9H2,1H3;4-6,9H,1-3,7-8,15H2,(H,17,18);5-9H2,1-4H3;1-4H;3-4H2,1-2H3;1H3;;1-2H2;1H2;/q;;;;;;-1;;;;. The van der Waals surface area contributed by atoms with Crippen LogP contribution in [0.2, 0.25) is 19.6 Å². The molecule has 4 aromatic rings. The molecule has 0 aromatic heterocycles. The Morgan fingerprint density at radius 3 is 1.29 bits per heavy atom. The summed E-state index contributed by atoms with van der Waals surface area (Å²) in [5.41, 5.74) is 9.68. The van der Waals surface area contributed by atoms with Crippen LogP contribution in [0.15, 0.2) is 114 Å². The SMILES string of the molecule is CCOCC.COC(=O)C1(C(=O)c2cccc([N+](=O)[O-])c2)CCCCC1.COC(=O)C1(C(=O)c2cccc([N+](=O)[O-])c2)CCCCC1.COC(O[Si](C)(C)C)=C1CCCCC1.FB(F)F.NN.Nc1cccc(C2=NNC(=O)C23CCCCC3)c1.O.O=C(Cl)c1cccc([N+](=O)[O-])c1.[CH3-].[Pd]. The minimum absolute atomic E-state index is 0. The third-order valence-corrected chi connectivity index (χ3v) is 17.1. The van der Waals surface area contributed by atoms with Gasteiger partial charge in [-0.3, -0.25) is 83.7 Å². The van der Waals surface area contributed by atoms with Gasteiger partial charge in [0.1, 0.15) is 10.8 Å². The number of rotatable bonds is 16. The summed E-state index contributed by atoms with van der Waals surface area (Å²) in [6, 6.07) is 23.9. The smallest absolute Gasteiger partial charge is 0.520 e. The molecular weight excluding hydrogens is 1440 g/mol. The first kappa shape index (κ1) is 94.2. The second kappa shape index (κ2) is 48.1. The van der Waals surface area contributed by atoms with Gasteiger partial charge in [-0.1, -0.05) is 107 Å². The number of hydrogen-bond acceptors (Lipinski definition) is 21. The molecule has 33 heteroatoms. The first-order chi connectivity index (χ1) is 46.0. The molecule has 0 unspecified atom stereocenters. The average Bonchev–Trinajstić information content (AvgIpc) is 1.47. The Kier molecular flexibility index (Phi) is 45.3. The average molecular weight is 1540 g/mol. The maximum absolute atomic E-state index is 12.8. The molecule has 4 aromatic carbocycles. The molecule has 0 saturated heterocycles. The zero-order valence-electron chi connectivity index (χ0n) is 58.2. The summed E-state index contributed by atoms with van der Waals surface area (Å²) in [5, 5.41) is 35.4. The molecule has 4 aliphatic carbocycles. The van der Waals surface area contributed by atoms with Crippen LogP contribution in [0.25, 0.3) is 0 Å². The van der Waals surface area contributed by atoms with Gasteiger partial charge in [-0.2, -0.15) is 5.10 Å². The van der Waals surface area contributed by atoms with E-state index < -0.39 is 64.1 Å². The van der Waals surface area contributed by atoms with Crippen LogP contribution in [0.3, 0.4) is 0 Å². The van der Waals surface area contributed by atoms with E-state index in [2.05, 4.69) is 41.9 Å². The Morgan fingerprint density at radius 1 is 0.600 bits per heavy atom. The molecule has 558 valence electrons. The van der Waals surface area contributed by atoms with Gasteiger partial charge in [0, 0.05) is 104 Å². The number of hydrazine groups is 1. The Hall–Kier alpha value is -7.83. The summed E-state index contributed by atoms with van der Waals surface area (Å²) in [5.74, 6) is 7.04. The number of non-ortho nitro benzene ring substituents is 3. The van der Waals surface area contributed by atoms with Crippen molar-refractivity contribution in [2.75, 3.05) is 40.3 Å². The van der Waals surface area contributed by atoms with Crippen molar-refractivity contribution in [2.24, 2.45) is 33.0 Å². The van der Waals surface area contributed by atoms with Crippen LogP contribution in [-0.2, 0) is 58.2 Å². The van der Waals surface area contributed by atoms with Gasteiger partial charge < -0.3 is 42.0 Å². The molecule has 1 heterocycles. The van der Waals surface area contributed by atoms with E-state index in [-0.39, 0.29) is 84.6 Å². The van der Waals surface area contributed by atoms with Crippen LogP contribution >= 0.6 is 11.6 Å². The van der Waals surface area contributed by atoms with Crippen molar-refractivity contribution in [1.29, 1.82) is 0 Å². The molecule has 100 heavy (non-hydrogen) atoms. The molecule has 4 fully saturated rings. The number of hydrazone groups is 1. The molecular formula is C67H96BClF3N8O18PdSi-. The predicted molar refractivity (Wildman–Crippen MR) is 375 cm³/mol. The van der Waals surface area contributed by atoms with E-state index in [1.54, 1.807) is 7.11 Å². The summed E-state index contributed by atoms with van der Waals surface area (Å²) >= 11 is 5.12. The molecule has 5 aliphatic rings. The second-order valence-electron chi connectivity index (χ2n) is 23.7. The number of carbonyl (C=O) groups is 6. The van der Waals surface area contributed by atoms with Gasteiger partial charge in [-0.15, -0.1) is 0 Å². The number of allylic oxidation sites excluding steroid dienone is 1. The van der Waals surface area contributed by atoms with Crippen LogP contribution in [0, 0.1) is 54.0 Å². The number of nitrogens with zero attached hydrogens (tertiary/aromatic N) is 4. The summed E-state index contributed by atoms with van der Waals surface area (Å²) in [7, 11) is -0.929. The number of esters is 2. The number of halogens is 4. The van der Waals surface area contributed by atoms with E-state index in [0.29, 0.717) is 31.4 Å². The molecule has 26 nitrogen and oxygen atoms in total. The number of methoxy groups -OCH3 is 3. The maximum Gasteiger partial charge on any atom is 0.762 e. The van der Waals surface area contributed by atoms with Gasteiger partial charge in [0.15, 0.2) is 11.6 Å². The van der Waals surface area contributed by atoms with E-state index in [1.807, 2.05) is 38.1 Å². The fourth-order valence-corrected chi connectivity index (χ4v) is 12.5. The van der Waals surface area contributed by atoms with Gasteiger partial charge in [-0.25, -0.2) is 5.43 Å². The minimum Gasteiger partial charge on any atom is -0.520 e. The van der Waals surface area contributed by atoms with Gasteiger partial charge in [-0.05, 0) is 127 Å². The first-order valence-corrected chi connectivity index (χ1v) is 35.5. The van der Waals surface area contributed by atoms with Crippen molar-refractivity contribution in [3.8, 4) is 0 Å². The van der Waals surface area contributed by atoms with E-state index in [1.165, 1.54) is 112 Å². The van der Waals surface area contributed by atoms with Crippen LogP contribution in [0.4, 0.5) is 35.7 Å². The number of hydrogen-bond donors (Lipinski definition) is 4. The Morgan fingerprint density at radius 2 is 0.960 bits per heavy atom. The Balaban J connectivity index is 0. The number of carbonyl (C=O) groups excluding carboxylic acids is 6. The number of nitro groups is 3. The number of benzene rings is 4. The van der Waals surface area contributed by atoms with E-state index in [4.69, 9.17) is 40.7 Å². The molecule has 9 rings (SSSR count). The van der Waals surface area contributed by atoms with Crippen LogP contribution in [0.1, 0.15) is 179 Å². The third kappa shape index (κ3) is 29.4. The molecule has 0 atom stereocenters. The van der Waals surface area contributed by atoms with E-state index in [0.717, 1.165) is 114 Å². The monoisotopic (exact) mass is 1540 g/mol. The fraction of sp³-hybridized carbons (Fsp3) is 0.493. The fourth-order valence-electron chi connectivity index (χ4n) is 11.6. The van der Waals surface area contributed by atoms with Crippen LogP contribution in [-0.4, -0.2) is 111 Å². The Labute approximate surface area is 602 Å². The summed E-state index contributed by atoms with van der Waals surface area (Å²) < 4.78 is 54.8. The molecule has 0 radical (unpaired) electrons. The molecule has 1 spiro atoms. The number of nitrogens with one attached hydrogen (secondary N) is 1. The van der Waals surface area contributed by atoms with Gasteiger partial charge in [0.05, 0.1) is 47.2 Å². The van der Waals surface area contributed by atoms with Gasteiger partial charge >= 0.3 is 19.5 Å². The number of amides is 1. The van der Waals surface area contributed by atoms with Crippen molar-refractivity contribution in [3.05, 3.63) is 169 Å². The van der Waals surface area contributed by atoms with Gasteiger partial charge in [0.25, 0.3) is 34.2 Å². The molecule has 9 N–H and O–H groups in total. The van der Waals surface area contributed by atoms with Crippen molar-refractivity contribution in [3.63, 3.8) is 0 Å². The molecule has 1 aliphatic heterocycles. The van der Waals surface area contributed by atoms with Crippen LogP contribution in [0.5, 0.6) is 0 Å². The topological polar surface area (TPSA) is 412 Å². The number of nitro benzene ring substituents is 3. The zero-order valence-corrected chi connectivity index (χ0v) is 61.5. The summed E-state index contributed by atoms with van der Waals surface area (Å²) in [4.78, 5) is 103. The Bertz CT molecular complexity index is 3190. The first-order valence-electron chi connectivity index (χ1n) is 31.8. The predicted octanol–water partition coefficient (Wildman–Crippen LogP) is 13.9. The quantitative estimate of drug-likeness (QED) is 0.00692. The zero-order chi connectivity index (χ0) is 72.9. The third-order valence-electron chi connectivity index (χ3n) is 16.1.